The van der Waals surface area contributed by atoms with E-state index in [1.54, 1.807) is 23.5 Å². The van der Waals surface area contributed by atoms with E-state index in [4.69, 9.17) is 15.7 Å². The normalized spacial score (nSPS) is 26.0. The van der Waals surface area contributed by atoms with Crippen LogP contribution in [0.5, 0.6) is 5.75 Å². The number of nitrogens with one attached hydrogen (secondary N) is 2. The van der Waals surface area contributed by atoms with Crippen molar-refractivity contribution >= 4 is 46.5 Å². The smallest absolute Gasteiger partial charge is 0.246 e. The van der Waals surface area contributed by atoms with Gasteiger partial charge in [0.1, 0.15) is 17.8 Å². The minimum absolute atomic E-state index is 0.0417. The predicted octanol–water partition coefficient (Wildman–Crippen LogP) is 6.30. The van der Waals surface area contributed by atoms with Crippen molar-refractivity contribution in [3.05, 3.63) is 89.3 Å². The molecule has 73 heavy (non-hydrogen) atoms. The quantitative estimate of drug-likeness (QED) is 0.0927. The number of para-hydroxylation sites is 1. The van der Waals surface area contributed by atoms with E-state index in [2.05, 4.69) is 54.4 Å². The Morgan fingerprint density at radius 3 is 2.23 bits per heavy atom. The molecule has 5 fully saturated rings. The third-order valence-corrected chi connectivity index (χ3v) is 17.4. The fraction of sp³-hybridized carbons (Fsp3) is 0.527. The van der Waals surface area contributed by atoms with E-state index in [9.17, 15) is 24.6 Å². The number of aromatic nitrogens is 5. The molecule has 6 heterocycles. The van der Waals surface area contributed by atoms with Crippen LogP contribution in [-0.4, -0.2) is 132 Å². The minimum atomic E-state index is -0.844. The number of rotatable bonds is 12. The Morgan fingerprint density at radius 2 is 1.59 bits per heavy atom. The van der Waals surface area contributed by atoms with Crippen molar-refractivity contribution < 1.29 is 24.6 Å². The summed E-state index contributed by atoms with van der Waals surface area (Å²) in [5.74, 6) is 0.710. The van der Waals surface area contributed by atoms with Gasteiger partial charge in [-0.2, -0.15) is 0 Å². The van der Waals surface area contributed by atoms with Gasteiger partial charge in [0, 0.05) is 74.6 Å². The first-order valence-electron chi connectivity index (χ1n) is 26.0. The summed E-state index contributed by atoms with van der Waals surface area (Å²) in [7, 11) is 0. The summed E-state index contributed by atoms with van der Waals surface area (Å²) >= 11 is 1.59. The zero-order valence-electron chi connectivity index (χ0n) is 42.9. The van der Waals surface area contributed by atoms with E-state index in [0.29, 0.717) is 42.1 Å². The number of phenols is 1. The van der Waals surface area contributed by atoms with Gasteiger partial charge in [-0.05, 0) is 124 Å². The van der Waals surface area contributed by atoms with Gasteiger partial charge in [0.2, 0.25) is 23.7 Å². The number of thiazole rings is 1. The number of hydrogen-bond donors (Lipinski definition) is 5. The Bertz CT molecular complexity index is 2790. The van der Waals surface area contributed by atoms with Crippen molar-refractivity contribution in [2.24, 2.45) is 16.7 Å². The second-order valence-electron chi connectivity index (χ2n) is 22.7. The molecular weight excluding hydrogens is 941 g/mol. The molecule has 2 saturated carbocycles. The molecule has 2 aromatic carbocycles. The average molecular weight is 1010 g/mol. The Hall–Kier alpha value is -6.24. The second-order valence-corrected chi connectivity index (χ2v) is 23.6. The molecule has 6 N–H and O–H groups in total. The number of carbonyl (C=O) groups excluding carboxylic acids is 3. The van der Waals surface area contributed by atoms with E-state index in [1.165, 1.54) is 10.5 Å². The number of piperidine rings is 1. The zero-order chi connectivity index (χ0) is 51.3. The van der Waals surface area contributed by atoms with Crippen LogP contribution in [0, 0.1) is 23.7 Å². The van der Waals surface area contributed by atoms with Crippen LogP contribution in [0.15, 0.2) is 72.5 Å². The summed E-state index contributed by atoms with van der Waals surface area (Å²) in [6, 6.07) is 16.0. The minimum Gasteiger partial charge on any atom is -0.507 e. The van der Waals surface area contributed by atoms with Crippen LogP contribution in [0.2, 0.25) is 0 Å². The lowest BCUT2D eigenvalue weighted by Crippen LogP contribution is -2.62. The van der Waals surface area contributed by atoms with Crippen LogP contribution in [0.3, 0.4) is 0 Å². The molecule has 1 spiro atoms. The maximum Gasteiger partial charge on any atom is 0.246 e. The number of nitrogens with two attached hydrogens (primary N) is 1. The van der Waals surface area contributed by atoms with Gasteiger partial charge < -0.3 is 46.2 Å². The van der Waals surface area contributed by atoms with Crippen molar-refractivity contribution in [2.45, 2.75) is 135 Å². The first-order chi connectivity index (χ1) is 34.9. The summed E-state index contributed by atoms with van der Waals surface area (Å²) in [6.45, 7) is 15.9. The highest BCUT2D eigenvalue weighted by Crippen LogP contribution is 2.60. The molecule has 386 valence electrons. The molecule has 10 rings (SSSR count). The van der Waals surface area contributed by atoms with Gasteiger partial charge in [-0.25, -0.2) is 15.0 Å². The third kappa shape index (κ3) is 10.3. The van der Waals surface area contributed by atoms with Crippen molar-refractivity contribution in [1.82, 2.24) is 45.6 Å². The number of carbonyl (C=O) groups is 3. The number of amides is 3. The number of piperazine rings is 1. The number of aliphatic hydroxyl groups is 1. The third-order valence-electron chi connectivity index (χ3n) is 16.4. The fourth-order valence-corrected chi connectivity index (χ4v) is 13.2. The molecule has 3 aromatic heterocycles. The van der Waals surface area contributed by atoms with Crippen LogP contribution in [-0.2, 0) is 20.9 Å². The molecule has 2 unspecified atom stereocenters. The lowest BCUT2D eigenvalue weighted by atomic mass is 9.49. The number of aromatic hydroxyl groups is 1. The van der Waals surface area contributed by atoms with Crippen LogP contribution in [0.4, 0.5) is 17.5 Å². The van der Waals surface area contributed by atoms with Crippen LogP contribution in [0.25, 0.3) is 21.7 Å². The topological polar surface area (TPSA) is 219 Å². The van der Waals surface area contributed by atoms with Crippen LogP contribution in [0.1, 0.15) is 102 Å². The second kappa shape index (κ2) is 20.2. The highest BCUT2D eigenvalue weighted by atomic mass is 32.1. The number of aliphatic hydroxyl groups excluding tert-OH is 1. The highest BCUT2D eigenvalue weighted by molar-refractivity contribution is 7.13. The number of nitrogens with zero attached hydrogens (tertiary/aromatic N) is 9. The van der Waals surface area contributed by atoms with Gasteiger partial charge in [-0.15, -0.1) is 21.5 Å². The maximum absolute atomic E-state index is 14.3. The molecule has 3 saturated heterocycles. The molecule has 2 aliphatic carbocycles. The summed E-state index contributed by atoms with van der Waals surface area (Å²) in [6.07, 6.45) is 9.27. The van der Waals surface area contributed by atoms with Crippen molar-refractivity contribution in [1.29, 1.82) is 0 Å². The monoisotopic (exact) mass is 1010 g/mol. The van der Waals surface area contributed by atoms with Crippen LogP contribution >= 0.6 is 11.3 Å². The molecule has 0 radical (unpaired) electrons. The maximum atomic E-state index is 14.3. The van der Waals surface area contributed by atoms with Crippen molar-refractivity contribution in [2.75, 3.05) is 48.3 Å². The van der Waals surface area contributed by atoms with Gasteiger partial charge in [0.25, 0.3) is 0 Å². The largest absolute Gasteiger partial charge is 0.507 e. The zero-order valence-corrected chi connectivity index (χ0v) is 43.7. The molecular formula is C55H70N12O5S. The van der Waals surface area contributed by atoms with Crippen molar-refractivity contribution in [3.8, 4) is 27.4 Å². The van der Waals surface area contributed by atoms with Gasteiger partial charge in [0.15, 0.2) is 5.82 Å². The SMILES string of the molecule is Cc1ncsc1-c1ccc(CNC(=O)[C@@H]2C[C@@H](O)CN2C(=O)[C@@H](NC(=O)[C@H]2CC3(C2)C[C@H](N2CCC(c4cnc(N5C(C)CN(c6cc(-c7ccccc7O)nnc6N)CC5C)nc4)CC2)C3)C(C)(C)C)cc1. The first-order valence-corrected chi connectivity index (χ1v) is 26.9. The number of likely N-dealkylation sites (tertiary alicyclic amines) is 2. The first kappa shape index (κ1) is 50.3. The van der Waals surface area contributed by atoms with Crippen LogP contribution < -0.4 is 26.2 Å². The number of nitrogen functional groups attached to an aromatic ring is 1. The average Bonchev–Trinajstić information content (AvgIpc) is 3.96. The van der Waals surface area contributed by atoms with E-state index >= 15 is 0 Å². The van der Waals surface area contributed by atoms with E-state index in [-0.39, 0.29) is 66.4 Å². The number of aryl methyl sites for hydroxylation is 1. The number of benzene rings is 2. The standard InChI is InChI=1S/C55H70N12O5S/c1-32-28-65(44-20-43(62-63-49(44)56)42-9-7-8-10-46(42)69)29-33(2)67(32)53-58-26-39(27-59-53)36-15-17-64(18-16-36)40-23-55(24-40)21-38(22-55)50(70)61-48(54(4,5)6)52(72)66-30-41(68)19-45(66)51(71)57-25-35-11-13-37(14-12-35)47-34(3)60-31-73-47/h7-14,20,26-27,31-33,36,38,40-41,45,48,68-69H,15-19,21-25,28-30H2,1-6H3,(H2,56,63)(H,57,71)(H,61,70)/t32?,33?,38-,40-,41-,45+,48-,55?/m1/s1. The Kier molecular flexibility index (Phi) is 13.9. The van der Waals surface area contributed by atoms with Gasteiger partial charge in [0.05, 0.1) is 33.6 Å². The molecule has 3 aliphatic heterocycles. The van der Waals surface area contributed by atoms with Gasteiger partial charge in [-0.3, -0.25) is 14.4 Å². The molecule has 5 aliphatic rings. The molecule has 5 atom stereocenters. The Morgan fingerprint density at radius 1 is 0.904 bits per heavy atom. The van der Waals surface area contributed by atoms with E-state index in [1.807, 2.05) is 88.1 Å². The van der Waals surface area contributed by atoms with E-state index < -0.39 is 23.6 Å². The lowest BCUT2D eigenvalue weighted by molar-refractivity contribution is -0.150. The number of hydrogen-bond acceptors (Lipinski definition) is 15. The Balaban J connectivity index is 0.672. The number of β-amino-alcohol motifs (C(OH)–C–C–N with tert-alkyl or cyclic N) is 1. The number of phenolic OH excluding ortho intramolecular Hbond substituents is 1. The lowest BCUT2D eigenvalue weighted by Gasteiger charge is -2.60. The summed E-state index contributed by atoms with van der Waals surface area (Å²) in [5.41, 5.74) is 13.9. The van der Waals surface area contributed by atoms with Gasteiger partial charge in [-0.1, -0.05) is 57.2 Å². The van der Waals surface area contributed by atoms with E-state index in [0.717, 1.165) is 84.9 Å². The summed E-state index contributed by atoms with van der Waals surface area (Å²) in [5, 5.41) is 35.8. The molecule has 0 bridgehead atoms. The highest BCUT2D eigenvalue weighted by Gasteiger charge is 2.57. The molecule has 17 nitrogen and oxygen atoms in total. The summed E-state index contributed by atoms with van der Waals surface area (Å²) in [4.78, 5) is 65.7. The van der Waals surface area contributed by atoms with Crippen molar-refractivity contribution in [3.63, 3.8) is 0 Å². The molecule has 18 heteroatoms. The predicted molar refractivity (Wildman–Crippen MR) is 283 cm³/mol. The Labute approximate surface area is 432 Å². The molecule has 5 aromatic rings. The fourth-order valence-electron chi connectivity index (χ4n) is 12.4. The summed E-state index contributed by atoms with van der Waals surface area (Å²) < 4.78 is 0. The molecule has 3 amide bonds. The number of anilines is 3. The van der Waals surface area contributed by atoms with Gasteiger partial charge >= 0.3 is 0 Å².